The van der Waals surface area contributed by atoms with E-state index in [2.05, 4.69) is 17.0 Å². The lowest BCUT2D eigenvalue weighted by Gasteiger charge is -2.32. The summed E-state index contributed by atoms with van der Waals surface area (Å²) in [7, 11) is 0. The Morgan fingerprint density at radius 3 is 2.84 bits per heavy atom. The van der Waals surface area contributed by atoms with Gasteiger partial charge < -0.3 is 9.47 Å². The molecule has 1 fully saturated rings. The standard InChI is InChI=1S/C20H22FNO3/c1-15-7-8-17(11-19(15)21)20(23)25-14-18-13-22(9-10-24-18)12-16-5-3-2-4-6-16/h2-8,11,18H,9-10,12-14H2,1H3. The Labute approximate surface area is 147 Å². The van der Waals surface area contributed by atoms with Gasteiger partial charge in [-0.1, -0.05) is 36.4 Å². The molecule has 1 aliphatic rings. The summed E-state index contributed by atoms with van der Waals surface area (Å²) in [4.78, 5) is 14.3. The lowest BCUT2D eigenvalue weighted by atomic mass is 10.1. The van der Waals surface area contributed by atoms with E-state index in [9.17, 15) is 9.18 Å². The SMILES string of the molecule is Cc1ccc(C(=O)OCC2CN(Cc3ccccc3)CCO2)cc1F. The molecule has 132 valence electrons. The number of nitrogens with zero attached hydrogens (tertiary/aromatic N) is 1. The van der Waals surface area contributed by atoms with Crippen LogP contribution in [-0.4, -0.2) is 43.3 Å². The molecule has 5 heteroatoms. The number of morpholine rings is 1. The van der Waals surface area contributed by atoms with Gasteiger partial charge in [0.05, 0.1) is 12.2 Å². The highest BCUT2D eigenvalue weighted by molar-refractivity contribution is 5.89. The molecule has 1 saturated heterocycles. The van der Waals surface area contributed by atoms with E-state index in [1.807, 2.05) is 18.2 Å². The minimum absolute atomic E-state index is 0.166. The average molecular weight is 343 g/mol. The number of hydrogen-bond donors (Lipinski definition) is 0. The van der Waals surface area contributed by atoms with Gasteiger partial charge in [-0.15, -0.1) is 0 Å². The molecule has 1 heterocycles. The van der Waals surface area contributed by atoms with Crippen molar-refractivity contribution in [2.75, 3.05) is 26.3 Å². The molecule has 0 N–H and O–H groups in total. The zero-order valence-electron chi connectivity index (χ0n) is 14.3. The van der Waals surface area contributed by atoms with Crippen LogP contribution in [0.25, 0.3) is 0 Å². The highest BCUT2D eigenvalue weighted by Crippen LogP contribution is 2.13. The van der Waals surface area contributed by atoms with Crippen LogP contribution >= 0.6 is 0 Å². The second-order valence-electron chi connectivity index (χ2n) is 6.28. The minimum Gasteiger partial charge on any atom is -0.459 e. The van der Waals surface area contributed by atoms with Gasteiger partial charge in [0.15, 0.2) is 0 Å². The highest BCUT2D eigenvalue weighted by atomic mass is 19.1. The average Bonchev–Trinajstić information content (AvgIpc) is 2.63. The molecule has 0 radical (unpaired) electrons. The monoisotopic (exact) mass is 343 g/mol. The Kier molecular flexibility index (Phi) is 5.79. The predicted octanol–water partition coefficient (Wildman–Crippen LogP) is 3.19. The fourth-order valence-corrected chi connectivity index (χ4v) is 2.84. The van der Waals surface area contributed by atoms with Gasteiger partial charge in [0.25, 0.3) is 0 Å². The maximum atomic E-state index is 13.6. The van der Waals surface area contributed by atoms with Gasteiger partial charge >= 0.3 is 5.97 Å². The first-order chi connectivity index (χ1) is 12.1. The van der Waals surface area contributed by atoms with Crippen molar-refractivity contribution in [3.05, 3.63) is 71.0 Å². The second kappa shape index (κ2) is 8.23. The third kappa shape index (κ3) is 4.87. The molecule has 0 amide bonds. The summed E-state index contributed by atoms with van der Waals surface area (Å²) >= 11 is 0. The summed E-state index contributed by atoms with van der Waals surface area (Å²) in [5, 5.41) is 0. The molecular weight excluding hydrogens is 321 g/mol. The Balaban J connectivity index is 1.50. The highest BCUT2D eigenvalue weighted by Gasteiger charge is 2.22. The molecule has 0 aromatic heterocycles. The normalized spacial score (nSPS) is 18.1. The van der Waals surface area contributed by atoms with E-state index in [0.717, 1.165) is 13.1 Å². The Morgan fingerprint density at radius 2 is 2.08 bits per heavy atom. The molecule has 0 aliphatic carbocycles. The number of halogens is 1. The quantitative estimate of drug-likeness (QED) is 0.782. The Morgan fingerprint density at radius 1 is 1.28 bits per heavy atom. The van der Waals surface area contributed by atoms with E-state index in [1.54, 1.807) is 19.1 Å². The minimum atomic E-state index is -0.525. The van der Waals surface area contributed by atoms with Crippen molar-refractivity contribution in [3.63, 3.8) is 0 Å². The molecule has 0 bridgehead atoms. The molecule has 0 spiro atoms. The molecule has 1 aliphatic heterocycles. The van der Waals surface area contributed by atoms with E-state index in [1.165, 1.54) is 11.6 Å². The first-order valence-electron chi connectivity index (χ1n) is 8.43. The second-order valence-corrected chi connectivity index (χ2v) is 6.28. The zero-order chi connectivity index (χ0) is 17.6. The van der Waals surface area contributed by atoms with Crippen molar-refractivity contribution in [3.8, 4) is 0 Å². The Hall–Kier alpha value is -2.24. The first-order valence-corrected chi connectivity index (χ1v) is 8.43. The summed E-state index contributed by atoms with van der Waals surface area (Å²) in [5.41, 5.74) is 1.97. The van der Waals surface area contributed by atoms with Gasteiger partial charge in [-0.05, 0) is 30.2 Å². The third-order valence-electron chi connectivity index (χ3n) is 4.28. The van der Waals surface area contributed by atoms with Crippen LogP contribution < -0.4 is 0 Å². The van der Waals surface area contributed by atoms with Crippen LogP contribution in [-0.2, 0) is 16.0 Å². The first kappa shape index (κ1) is 17.6. The summed E-state index contributed by atoms with van der Waals surface area (Å²) < 4.78 is 24.5. The molecule has 1 atom stereocenters. The number of aryl methyl sites for hydroxylation is 1. The van der Waals surface area contributed by atoms with Crippen molar-refractivity contribution in [1.82, 2.24) is 4.90 Å². The van der Waals surface area contributed by atoms with E-state index < -0.39 is 11.8 Å². The summed E-state index contributed by atoms with van der Waals surface area (Å²) in [6.07, 6.45) is -0.170. The van der Waals surface area contributed by atoms with Crippen LogP contribution in [0.4, 0.5) is 4.39 Å². The van der Waals surface area contributed by atoms with Crippen molar-refractivity contribution >= 4 is 5.97 Å². The van der Waals surface area contributed by atoms with Crippen LogP contribution in [0, 0.1) is 12.7 Å². The molecule has 4 nitrogen and oxygen atoms in total. The molecule has 0 saturated carbocycles. The molecule has 3 rings (SSSR count). The maximum Gasteiger partial charge on any atom is 0.338 e. The van der Waals surface area contributed by atoms with E-state index in [4.69, 9.17) is 9.47 Å². The number of esters is 1. The van der Waals surface area contributed by atoms with E-state index >= 15 is 0 Å². The predicted molar refractivity (Wildman–Crippen MR) is 92.9 cm³/mol. The van der Waals surface area contributed by atoms with Gasteiger partial charge in [0.1, 0.15) is 18.5 Å². The van der Waals surface area contributed by atoms with E-state index in [-0.39, 0.29) is 18.3 Å². The van der Waals surface area contributed by atoms with Crippen molar-refractivity contribution in [1.29, 1.82) is 0 Å². The molecule has 1 unspecified atom stereocenters. The fourth-order valence-electron chi connectivity index (χ4n) is 2.84. The number of rotatable bonds is 5. The maximum absolute atomic E-state index is 13.6. The van der Waals surface area contributed by atoms with Crippen molar-refractivity contribution in [2.45, 2.75) is 19.6 Å². The summed E-state index contributed by atoms with van der Waals surface area (Å²) in [6.45, 7) is 4.82. The molecular formula is C20H22FNO3. The largest absolute Gasteiger partial charge is 0.459 e. The summed E-state index contributed by atoms with van der Waals surface area (Å²) in [5.74, 6) is -0.930. The van der Waals surface area contributed by atoms with Crippen LogP contribution in [0.5, 0.6) is 0 Å². The lowest BCUT2D eigenvalue weighted by Crippen LogP contribution is -2.44. The summed E-state index contributed by atoms with van der Waals surface area (Å²) in [6, 6.07) is 14.6. The molecule has 25 heavy (non-hydrogen) atoms. The van der Waals surface area contributed by atoms with Crippen LogP contribution in [0.15, 0.2) is 48.5 Å². The van der Waals surface area contributed by atoms with Gasteiger partial charge in [-0.25, -0.2) is 9.18 Å². The molecule has 2 aromatic carbocycles. The van der Waals surface area contributed by atoms with Crippen LogP contribution in [0.1, 0.15) is 21.5 Å². The fraction of sp³-hybridized carbons (Fsp3) is 0.350. The van der Waals surface area contributed by atoms with Crippen molar-refractivity contribution < 1.29 is 18.7 Å². The number of benzene rings is 2. The van der Waals surface area contributed by atoms with Crippen LogP contribution in [0.2, 0.25) is 0 Å². The molecule has 2 aromatic rings. The topological polar surface area (TPSA) is 38.8 Å². The lowest BCUT2D eigenvalue weighted by molar-refractivity contribution is -0.0612. The number of carbonyl (C=O) groups excluding carboxylic acids is 1. The van der Waals surface area contributed by atoms with Crippen LogP contribution in [0.3, 0.4) is 0 Å². The number of hydrogen-bond acceptors (Lipinski definition) is 4. The van der Waals surface area contributed by atoms with Gasteiger partial charge in [0.2, 0.25) is 0 Å². The number of ether oxygens (including phenoxy) is 2. The Bertz CT molecular complexity index is 720. The smallest absolute Gasteiger partial charge is 0.338 e. The van der Waals surface area contributed by atoms with Crippen molar-refractivity contribution in [2.24, 2.45) is 0 Å². The van der Waals surface area contributed by atoms with Gasteiger partial charge in [-0.3, -0.25) is 4.90 Å². The van der Waals surface area contributed by atoms with E-state index in [0.29, 0.717) is 18.7 Å². The third-order valence-corrected chi connectivity index (χ3v) is 4.28. The number of carbonyl (C=O) groups is 1. The van der Waals surface area contributed by atoms with Gasteiger partial charge in [-0.2, -0.15) is 0 Å². The zero-order valence-corrected chi connectivity index (χ0v) is 14.3. The van der Waals surface area contributed by atoms with Gasteiger partial charge in [0, 0.05) is 19.6 Å².